The van der Waals surface area contributed by atoms with E-state index in [4.69, 9.17) is 11.6 Å². The smallest absolute Gasteiger partial charge is 0.135 e. The third kappa shape index (κ3) is 1.59. The van der Waals surface area contributed by atoms with Crippen molar-refractivity contribution in [2.45, 2.75) is 6.92 Å². The molecule has 0 aliphatic carbocycles. The second-order valence-electron chi connectivity index (χ2n) is 2.87. The molecule has 0 radical (unpaired) electrons. The first-order valence-corrected chi connectivity index (χ1v) is 4.54. The van der Waals surface area contributed by atoms with Gasteiger partial charge in [0.15, 0.2) is 0 Å². The van der Waals surface area contributed by atoms with Gasteiger partial charge in [0.25, 0.3) is 0 Å². The number of halogens is 1. The molecule has 0 amide bonds. The van der Waals surface area contributed by atoms with Gasteiger partial charge in [-0.05, 0) is 19.1 Å². The van der Waals surface area contributed by atoms with Crippen LogP contribution in [0.15, 0.2) is 30.9 Å². The van der Waals surface area contributed by atoms with Gasteiger partial charge >= 0.3 is 0 Å². The van der Waals surface area contributed by atoms with Crippen molar-refractivity contribution in [1.82, 2.24) is 15.0 Å². The van der Waals surface area contributed by atoms with Gasteiger partial charge in [-0.1, -0.05) is 11.6 Å². The van der Waals surface area contributed by atoms with Gasteiger partial charge < -0.3 is 0 Å². The summed E-state index contributed by atoms with van der Waals surface area (Å²) in [5.74, 6) is 0. The lowest BCUT2D eigenvalue weighted by Crippen LogP contribution is -1.91. The summed E-state index contributed by atoms with van der Waals surface area (Å²) in [5.41, 5.74) is 2.74. The van der Waals surface area contributed by atoms with Crippen molar-refractivity contribution in [2.24, 2.45) is 0 Å². The number of aromatic nitrogens is 3. The van der Waals surface area contributed by atoms with E-state index >= 15 is 0 Å². The van der Waals surface area contributed by atoms with Crippen LogP contribution >= 0.6 is 11.6 Å². The van der Waals surface area contributed by atoms with E-state index in [2.05, 4.69) is 15.0 Å². The highest BCUT2D eigenvalue weighted by molar-refractivity contribution is 6.30. The standard InChI is InChI=1S/C10H8ClN3/c1-7-9(13-6-14-10(7)11)8-2-4-12-5-3-8/h2-6H,1H3. The van der Waals surface area contributed by atoms with E-state index in [0.29, 0.717) is 5.15 Å². The van der Waals surface area contributed by atoms with Crippen LogP contribution in [0, 0.1) is 6.92 Å². The zero-order valence-electron chi connectivity index (χ0n) is 7.61. The van der Waals surface area contributed by atoms with Crippen molar-refractivity contribution < 1.29 is 0 Å². The van der Waals surface area contributed by atoms with Gasteiger partial charge in [0.2, 0.25) is 0 Å². The zero-order valence-corrected chi connectivity index (χ0v) is 8.36. The Kier molecular flexibility index (Phi) is 2.41. The highest BCUT2D eigenvalue weighted by Crippen LogP contribution is 2.23. The highest BCUT2D eigenvalue weighted by Gasteiger charge is 2.06. The zero-order chi connectivity index (χ0) is 9.97. The fraction of sp³-hybridized carbons (Fsp3) is 0.100. The fourth-order valence-electron chi connectivity index (χ4n) is 1.23. The van der Waals surface area contributed by atoms with E-state index in [1.165, 1.54) is 6.33 Å². The molecule has 2 aromatic heterocycles. The van der Waals surface area contributed by atoms with E-state index in [1.54, 1.807) is 12.4 Å². The van der Waals surface area contributed by atoms with Crippen LogP contribution < -0.4 is 0 Å². The molecule has 2 rings (SSSR count). The van der Waals surface area contributed by atoms with Crippen LogP contribution in [0.4, 0.5) is 0 Å². The van der Waals surface area contributed by atoms with Crippen molar-refractivity contribution in [3.63, 3.8) is 0 Å². The molecular formula is C10H8ClN3. The molecule has 0 aromatic carbocycles. The maximum Gasteiger partial charge on any atom is 0.135 e. The topological polar surface area (TPSA) is 38.7 Å². The molecule has 0 N–H and O–H groups in total. The predicted octanol–water partition coefficient (Wildman–Crippen LogP) is 2.50. The van der Waals surface area contributed by atoms with E-state index < -0.39 is 0 Å². The summed E-state index contributed by atoms with van der Waals surface area (Å²) in [6.07, 6.45) is 4.92. The molecule has 0 spiro atoms. The van der Waals surface area contributed by atoms with Crippen LogP contribution in [-0.2, 0) is 0 Å². The summed E-state index contributed by atoms with van der Waals surface area (Å²) in [7, 11) is 0. The Morgan fingerprint density at radius 3 is 2.57 bits per heavy atom. The lowest BCUT2D eigenvalue weighted by molar-refractivity contribution is 1.13. The van der Waals surface area contributed by atoms with Crippen LogP contribution in [0.5, 0.6) is 0 Å². The number of rotatable bonds is 1. The summed E-state index contributed by atoms with van der Waals surface area (Å²) in [5, 5.41) is 0.492. The van der Waals surface area contributed by atoms with Crippen LogP contribution in [0.3, 0.4) is 0 Å². The van der Waals surface area contributed by atoms with Crippen LogP contribution in [0.25, 0.3) is 11.3 Å². The Bertz CT molecular complexity index is 442. The first-order chi connectivity index (χ1) is 6.79. The molecule has 0 aliphatic rings. The van der Waals surface area contributed by atoms with Crippen molar-refractivity contribution in [2.75, 3.05) is 0 Å². The molecule has 0 saturated carbocycles. The molecule has 0 fully saturated rings. The molecule has 0 bridgehead atoms. The molecule has 0 aliphatic heterocycles. The summed E-state index contributed by atoms with van der Waals surface area (Å²) < 4.78 is 0. The van der Waals surface area contributed by atoms with Gasteiger partial charge in [0, 0.05) is 23.5 Å². The molecule has 0 unspecified atom stereocenters. The molecule has 70 valence electrons. The molecule has 14 heavy (non-hydrogen) atoms. The fourth-order valence-corrected chi connectivity index (χ4v) is 1.36. The summed E-state index contributed by atoms with van der Waals surface area (Å²) >= 11 is 5.90. The summed E-state index contributed by atoms with van der Waals surface area (Å²) in [4.78, 5) is 12.0. The van der Waals surface area contributed by atoms with E-state index in [9.17, 15) is 0 Å². The Morgan fingerprint density at radius 1 is 1.14 bits per heavy atom. The summed E-state index contributed by atoms with van der Waals surface area (Å²) in [6, 6.07) is 3.79. The quantitative estimate of drug-likeness (QED) is 0.672. The third-order valence-corrected chi connectivity index (χ3v) is 2.36. The lowest BCUT2D eigenvalue weighted by Gasteiger charge is -2.04. The average molecular weight is 206 g/mol. The molecule has 2 aromatic rings. The number of pyridine rings is 1. The Morgan fingerprint density at radius 2 is 1.86 bits per heavy atom. The molecule has 4 heteroatoms. The van der Waals surface area contributed by atoms with E-state index in [1.807, 2.05) is 19.1 Å². The SMILES string of the molecule is Cc1c(Cl)ncnc1-c1ccncc1. The van der Waals surface area contributed by atoms with Crippen LogP contribution in [0.2, 0.25) is 5.15 Å². The monoisotopic (exact) mass is 205 g/mol. The molecule has 0 atom stereocenters. The number of nitrogens with zero attached hydrogens (tertiary/aromatic N) is 3. The van der Waals surface area contributed by atoms with E-state index in [-0.39, 0.29) is 0 Å². The molecule has 2 heterocycles. The minimum absolute atomic E-state index is 0.492. The normalized spacial score (nSPS) is 10.1. The number of hydrogen-bond donors (Lipinski definition) is 0. The van der Waals surface area contributed by atoms with Gasteiger partial charge in [-0.15, -0.1) is 0 Å². The van der Waals surface area contributed by atoms with Gasteiger partial charge in [-0.2, -0.15) is 0 Å². The van der Waals surface area contributed by atoms with Crippen molar-refractivity contribution >= 4 is 11.6 Å². The van der Waals surface area contributed by atoms with Crippen molar-refractivity contribution in [3.05, 3.63) is 41.6 Å². The first kappa shape index (κ1) is 9.09. The second kappa shape index (κ2) is 3.72. The molecular weight excluding hydrogens is 198 g/mol. The van der Waals surface area contributed by atoms with Gasteiger partial charge in [-0.25, -0.2) is 9.97 Å². The predicted molar refractivity (Wildman–Crippen MR) is 55.0 cm³/mol. The minimum Gasteiger partial charge on any atom is -0.265 e. The van der Waals surface area contributed by atoms with Crippen LogP contribution in [0.1, 0.15) is 5.56 Å². The maximum atomic E-state index is 5.90. The lowest BCUT2D eigenvalue weighted by atomic mass is 10.1. The Hall–Kier alpha value is -1.48. The molecule has 0 saturated heterocycles. The Balaban J connectivity index is 2.58. The Labute approximate surface area is 86.8 Å². The summed E-state index contributed by atoms with van der Waals surface area (Å²) in [6.45, 7) is 1.90. The van der Waals surface area contributed by atoms with Crippen LogP contribution in [-0.4, -0.2) is 15.0 Å². The minimum atomic E-state index is 0.492. The van der Waals surface area contributed by atoms with Gasteiger partial charge in [0.05, 0.1) is 5.69 Å². The van der Waals surface area contributed by atoms with Crippen molar-refractivity contribution in [1.29, 1.82) is 0 Å². The molecule has 3 nitrogen and oxygen atoms in total. The maximum absolute atomic E-state index is 5.90. The largest absolute Gasteiger partial charge is 0.265 e. The first-order valence-electron chi connectivity index (χ1n) is 4.16. The second-order valence-corrected chi connectivity index (χ2v) is 3.23. The third-order valence-electron chi connectivity index (χ3n) is 1.98. The van der Waals surface area contributed by atoms with E-state index in [0.717, 1.165) is 16.8 Å². The highest BCUT2D eigenvalue weighted by atomic mass is 35.5. The average Bonchev–Trinajstić information content (AvgIpc) is 2.23. The van der Waals surface area contributed by atoms with Gasteiger partial charge in [-0.3, -0.25) is 4.98 Å². The van der Waals surface area contributed by atoms with Crippen molar-refractivity contribution in [3.8, 4) is 11.3 Å². The van der Waals surface area contributed by atoms with Gasteiger partial charge in [0.1, 0.15) is 11.5 Å². The number of hydrogen-bond acceptors (Lipinski definition) is 3.